The van der Waals surface area contributed by atoms with E-state index in [9.17, 15) is 0 Å². The van der Waals surface area contributed by atoms with Crippen molar-refractivity contribution in [1.82, 2.24) is 14.9 Å². The molecular formula is C19H28N4OS2. The summed E-state index contributed by atoms with van der Waals surface area (Å²) < 4.78 is 5.48. The summed E-state index contributed by atoms with van der Waals surface area (Å²) in [6, 6.07) is 0.596. The lowest BCUT2D eigenvalue weighted by Gasteiger charge is -2.28. The van der Waals surface area contributed by atoms with Gasteiger partial charge in [0.15, 0.2) is 0 Å². The number of aromatic nitrogens is 2. The molecule has 2 aliphatic rings. The van der Waals surface area contributed by atoms with Crippen molar-refractivity contribution >= 4 is 39.1 Å². The zero-order valence-electron chi connectivity index (χ0n) is 16.0. The van der Waals surface area contributed by atoms with Gasteiger partial charge < -0.3 is 9.64 Å². The van der Waals surface area contributed by atoms with Crippen LogP contribution in [-0.2, 0) is 11.3 Å². The molecule has 1 unspecified atom stereocenters. The molecule has 0 aromatic carbocycles. The topological polar surface area (TPSA) is 41.5 Å². The maximum absolute atomic E-state index is 5.48. The third kappa shape index (κ3) is 3.59. The lowest BCUT2D eigenvalue weighted by atomic mass is 10.2. The summed E-state index contributed by atoms with van der Waals surface area (Å²) in [6.07, 6.45) is 4.74. The number of rotatable bonds is 5. The highest BCUT2D eigenvalue weighted by Gasteiger charge is 2.29. The van der Waals surface area contributed by atoms with Crippen LogP contribution in [0.15, 0.2) is 0 Å². The van der Waals surface area contributed by atoms with E-state index in [2.05, 4.69) is 29.9 Å². The van der Waals surface area contributed by atoms with Crippen molar-refractivity contribution in [2.75, 3.05) is 49.8 Å². The van der Waals surface area contributed by atoms with Crippen LogP contribution >= 0.6 is 23.1 Å². The molecule has 0 aliphatic carbocycles. The lowest BCUT2D eigenvalue weighted by molar-refractivity contribution is 0.0331. The number of hydrogen-bond acceptors (Lipinski definition) is 7. The fourth-order valence-corrected chi connectivity index (χ4v) is 5.76. The standard InChI is InChI=1S/C19H28N4OS2/c1-13-14(2)26-19-17(13)18(23-6-4-5-15(23)12-25-3)20-16(21-19)11-22-7-9-24-10-8-22/h15H,4-12H2,1-3H3. The van der Waals surface area contributed by atoms with Crippen molar-refractivity contribution in [2.24, 2.45) is 0 Å². The van der Waals surface area contributed by atoms with E-state index in [-0.39, 0.29) is 0 Å². The number of hydrogen-bond donors (Lipinski definition) is 0. The summed E-state index contributed by atoms with van der Waals surface area (Å²) in [4.78, 5) is 17.5. The third-order valence-electron chi connectivity index (χ3n) is 5.53. The van der Waals surface area contributed by atoms with Crippen LogP contribution in [0, 0.1) is 13.8 Å². The molecule has 0 saturated carbocycles. The lowest BCUT2D eigenvalue weighted by Crippen LogP contribution is -2.36. The Morgan fingerprint density at radius 1 is 1.19 bits per heavy atom. The molecule has 0 amide bonds. The van der Waals surface area contributed by atoms with Gasteiger partial charge in [0.25, 0.3) is 0 Å². The fraction of sp³-hybridized carbons (Fsp3) is 0.684. The first-order chi connectivity index (χ1) is 12.7. The van der Waals surface area contributed by atoms with Crippen LogP contribution in [0.4, 0.5) is 5.82 Å². The molecule has 2 aromatic heterocycles. The molecule has 1 atom stereocenters. The number of anilines is 1. The van der Waals surface area contributed by atoms with E-state index in [1.54, 1.807) is 0 Å². The zero-order chi connectivity index (χ0) is 18.1. The van der Waals surface area contributed by atoms with Gasteiger partial charge in [-0.2, -0.15) is 11.8 Å². The highest BCUT2D eigenvalue weighted by atomic mass is 32.2. The van der Waals surface area contributed by atoms with E-state index in [1.807, 2.05) is 23.1 Å². The van der Waals surface area contributed by atoms with Crippen molar-refractivity contribution in [1.29, 1.82) is 0 Å². The van der Waals surface area contributed by atoms with Gasteiger partial charge in [-0.1, -0.05) is 0 Å². The van der Waals surface area contributed by atoms with Crippen LogP contribution in [0.2, 0.25) is 0 Å². The van der Waals surface area contributed by atoms with Gasteiger partial charge in [-0.25, -0.2) is 9.97 Å². The van der Waals surface area contributed by atoms with Crippen LogP contribution in [0.1, 0.15) is 29.1 Å². The molecule has 142 valence electrons. The van der Waals surface area contributed by atoms with Gasteiger partial charge in [0, 0.05) is 36.3 Å². The van der Waals surface area contributed by atoms with Gasteiger partial charge >= 0.3 is 0 Å². The van der Waals surface area contributed by atoms with Crippen LogP contribution in [0.25, 0.3) is 10.2 Å². The van der Waals surface area contributed by atoms with Crippen molar-refractivity contribution in [3.63, 3.8) is 0 Å². The molecule has 26 heavy (non-hydrogen) atoms. The number of ether oxygens (including phenoxy) is 1. The number of morpholine rings is 1. The normalized spacial score (nSPS) is 21.8. The van der Waals surface area contributed by atoms with Gasteiger partial charge in [-0.3, -0.25) is 4.90 Å². The van der Waals surface area contributed by atoms with Crippen molar-refractivity contribution in [3.8, 4) is 0 Å². The molecule has 0 bridgehead atoms. The average Bonchev–Trinajstić information content (AvgIpc) is 3.20. The second-order valence-electron chi connectivity index (χ2n) is 7.26. The SMILES string of the molecule is CSCC1CCCN1c1nc(CN2CCOCC2)nc2sc(C)c(C)c12. The number of fused-ring (bicyclic) bond motifs is 1. The monoisotopic (exact) mass is 392 g/mol. The highest BCUT2D eigenvalue weighted by Crippen LogP contribution is 2.38. The Kier molecular flexibility index (Phi) is 5.69. The summed E-state index contributed by atoms with van der Waals surface area (Å²) in [5, 5.41) is 1.28. The van der Waals surface area contributed by atoms with E-state index in [0.717, 1.165) is 50.0 Å². The molecule has 2 aromatic rings. The molecule has 2 aliphatic heterocycles. The minimum atomic E-state index is 0.596. The number of nitrogens with zero attached hydrogens (tertiary/aromatic N) is 4. The Balaban J connectivity index is 1.73. The predicted octanol–water partition coefficient (Wildman–Crippen LogP) is 3.47. The number of thioether (sulfide) groups is 1. The van der Waals surface area contributed by atoms with E-state index >= 15 is 0 Å². The molecular weight excluding hydrogens is 364 g/mol. The first-order valence-corrected chi connectivity index (χ1v) is 11.7. The van der Waals surface area contributed by atoms with Gasteiger partial charge in [-0.05, 0) is 38.5 Å². The molecule has 4 rings (SSSR count). The maximum atomic E-state index is 5.48. The van der Waals surface area contributed by atoms with Gasteiger partial charge in [0.05, 0.1) is 25.1 Å². The quantitative estimate of drug-likeness (QED) is 0.776. The summed E-state index contributed by atoms with van der Waals surface area (Å²) in [7, 11) is 0. The van der Waals surface area contributed by atoms with E-state index in [4.69, 9.17) is 14.7 Å². The van der Waals surface area contributed by atoms with Crippen LogP contribution in [-0.4, -0.2) is 65.8 Å². The Morgan fingerprint density at radius 2 is 2.00 bits per heavy atom. The summed E-state index contributed by atoms with van der Waals surface area (Å²) >= 11 is 3.76. The second kappa shape index (κ2) is 8.00. The molecule has 2 fully saturated rings. The second-order valence-corrected chi connectivity index (χ2v) is 9.37. The molecule has 2 saturated heterocycles. The van der Waals surface area contributed by atoms with Crippen molar-refractivity contribution in [3.05, 3.63) is 16.3 Å². The molecule has 4 heterocycles. The molecule has 0 spiro atoms. The zero-order valence-corrected chi connectivity index (χ0v) is 17.6. The minimum absolute atomic E-state index is 0.596. The summed E-state index contributed by atoms with van der Waals surface area (Å²) in [5.41, 5.74) is 1.35. The van der Waals surface area contributed by atoms with Gasteiger partial charge in [0.1, 0.15) is 16.5 Å². The minimum Gasteiger partial charge on any atom is -0.379 e. The molecule has 0 radical (unpaired) electrons. The van der Waals surface area contributed by atoms with E-state index in [1.165, 1.54) is 40.2 Å². The fourth-order valence-electron chi connectivity index (χ4n) is 3.99. The molecule has 7 heteroatoms. The Labute approximate surface area is 164 Å². The molecule has 0 N–H and O–H groups in total. The van der Waals surface area contributed by atoms with Gasteiger partial charge in [0.2, 0.25) is 0 Å². The Hall–Kier alpha value is -0.890. The Morgan fingerprint density at radius 3 is 2.77 bits per heavy atom. The smallest absolute Gasteiger partial charge is 0.146 e. The number of aryl methyl sites for hydroxylation is 2. The van der Waals surface area contributed by atoms with Crippen LogP contribution < -0.4 is 4.90 Å². The molecule has 5 nitrogen and oxygen atoms in total. The summed E-state index contributed by atoms with van der Waals surface area (Å²) in [5.74, 6) is 3.31. The predicted molar refractivity (Wildman–Crippen MR) is 112 cm³/mol. The number of thiophene rings is 1. The largest absolute Gasteiger partial charge is 0.379 e. The van der Waals surface area contributed by atoms with Gasteiger partial charge in [-0.15, -0.1) is 11.3 Å². The van der Waals surface area contributed by atoms with Crippen LogP contribution in [0.5, 0.6) is 0 Å². The Bertz CT molecular complexity index is 772. The summed E-state index contributed by atoms with van der Waals surface area (Å²) in [6.45, 7) is 9.93. The van der Waals surface area contributed by atoms with Crippen molar-refractivity contribution < 1.29 is 4.74 Å². The first-order valence-electron chi connectivity index (χ1n) is 9.49. The first kappa shape index (κ1) is 18.5. The van der Waals surface area contributed by atoms with E-state index < -0.39 is 0 Å². The maximum Gasteiger partial charge on any atom is 0.146 e. The van der Waals surface area contributed by atoms with Crippen molar-refractivity contribution in [2.45, 2.75) is 39.3 Å². The third-order valence-corrected chi connectivity index (χ3v) is 7.35. The average molecular weight is 393 g/mol. The highest BCUT2D eigenvalue weighted by molar-refractivity contribution is 7.98. The van der Waals surface area contributed by atoms with E-state index in [0.29, 0.717) is 6.04 Å². The van der Waals surface area contributed by atoms with Crippen LogP contribution in [0.3, 0.4) is 0 Å².